The minimum Gasteiger partial charge on any atom is -0.481 e. The van der Waals surface area contributed by atoms with Crippen LogP contribution < -0.4 is 9.47 Å². The molecule has 1 aliphatic rings. The fourth-order valence-corrected chi connectivity index (χ4v) is 1.86. The lowest BCUT2D eigenvalue weighted by Gasteiger charge is -2.29. The summed E-state index contributed by atoms with van der Waals surface area (Å²) in [6, 6.07) is 5.59. The summed E-state index contributed by atoms with van der Waals surface area (Å²) in [5, 5.41) is 9.12. The molecule has 0 radical (unpaired) electrons. The van der Waals surface area contributed by atoms with Crippen molar-refractivity contribution < 1.29 is 19.4 Å². The summed E-state index contributed by atoms with van der Waals surface area (Å²) in [7, 11) is 0. The van der Waals surface area contributed by atoms with Gasteiger partial charge in [0.2, 0.25) is 6.79 Å². The number of rotatable bonds is 3. The van der Waals surface area contributed by atoms with E-state index in [-0.39, 0.29) is 6.79 Å². The van der Waals surface area contributed by atoms with Crippen LogP contribution in [0, 0.1) is 5.92 Å². The van der Waals surface area contributed by atoms with Crippen LogP contribution in [0.2, 0.25) is 0 Å². The Labute approximate surface area is 100 Å². The second-order valence-corrected chi connectivity index (χ2v) is 4.85. The maximum Gasteiger partial charge on any atom is 0.307 e. The Kier molecular flexibility index (Phi) is 2.73. The predicted molar refractivity (Wildman–Crippen MR) is 62.4 cm³/mol. The molecule has 2 rings (SSSR count). The lowest BCUT2D eigenvalue weighted by molar-refractivity contribution is -0.143. The minimum absolute atomic E-state index is 0.230. The zero-order chi connectivity index (χ0) is 12.6. The summed E-state index contributed by atoms with van der Waals surface area (Å²) < 4.78 is 10.5. The van der Waals surface area contributed by atoms with Crippen LogP contribution in [0.15, 0.2) is 18.2 Å². The minimum atomic E-state index is -0.798. The number of hydrogen-bond donors (Lipinski definition) is 1. The predicted octanol–water partition coefficient (Wildman–Crippen LogP) is 2.41. The van der Waals surface area contributed by atoms with Gasteiger partial charge in [-0.15, -0.1) is 0 Å². The molecule has 4 nitrogen and oxygen atoms in total. The van der Waals surface area contributed by atoms with E-state index in [1.54, 1.807) is 6.92 Å². The molecule has 0 spiro atoms. The van der Waals surface area contributed by atoms with Gasteiger partial charge in [-0.05, 0) is 17.7 Å². The van der Waals surface area contributed by atoms with E-state index in [0.717, 1.165) is 5.56 Å². The zero-order valence-electron chi connectivity index (χ0n) is 10.2. The first-order valence-corrected chi connectivity index (χ1v) is 5.56. The average Bonchev–Trinajstić information content (AvgIpc) is 2.74. The van der Waals surface area contributed by atoms with E-state index in [1.807, 2.05) is 32.0 Å². The second-order valence-electron chi connectivity index (χ2n) is 4.85. The summed E-state index contributed by atoms with van der Waals surface area (Å²) in [6.45, 7) is 5.78. The SMILES string of the molecule is CC(C(=O)O)C(C)(C)c1ccc2c(c1)OCO2. The molecular weight excluding hydrogens is 220 g/mol. The van der Waals surface area contributed by atoms with Crippen molar-refractivity contribution in [3.8, 4) is 11.5 Å². The van der Waals surface area contributed by atoms with E-state index in [2.05, 4.69) is 0 Å². The number of carboxylic acids is 1. The number of fused-ring (bicyclic) bond motifs is 1. The average molecular weight is 236 g/mol. The molecule has 1 unspecified atom stereocenters. The normalized spacial score (nSPS) is 15.7. The molecule has 0 saturated carbocycles. The standard InChI is InChI=1S/C13H16O4/c1-8(12(14)15)13(2,3)9-4-5-10-11(6-9)17-7-16-10/h4-6,8H,7H2,1-3H3,(H,14,15). The fraction of sp³-hybridized carbons (Fsp3) is 0.462. The molecule has 1 atom stereocenters. The first kappa shape index (κ1) is 11.8. The first-order valence-electron chi connectivity index (χ1n) is 5.56. The molecule has 0 saturated heterocycles. The third-order valence-corrected chi connectivity index (χ3v) is 3.57. The Balaban J connectivity index is 2.36. The van der Waals surface area contributed by atoms with Gasteiger partial charge in [0, 0.05) is 5.41 Å². The van der Waals surface area contributed by atoms with Gasteiger partial charge in [-0.1, -0.05) is 26.8 Å². The highest BCUT2D eigenvalue weighted by Gasteiger charge is 2.34. The molecule has 0 aromatic heterocycles. The van der Waals surface area contributed by atoms with Crippen molar-refractivity contribution in [2.24, 2.45) is 5.92 Å². The van der Waals surface area contributed by atoms with Crippen LogP contribution in [-0.4, -0.2) is 17.9 Å². The van der Waals surface area contributed by atoms with Crippen molar-refractivity contribution in [2.45, 2.75) is 26.2 Å². The Morgan fingerprint density at radius 1 is 1.35 bits per heavy atom. The Hall–Kier alpha value is -1.71. The van der Waals surface area contributed by atoms with Gasteiger partial charge in [0.25, 0.3) is 0 Å². The molecule has 1 aromatic carbocycles. The largest absolute Gasteiger partial charge is 0.481 e. The van der Waals surface area contributed by atoms with E-state index >= 15 is 0 Å². The van der Waals surface area contributed by atoms with Crippen molar-refractivity contribution in [1.82, 2.24) is 0 Å². The van der Waals surface area contributed by atoms with E-state index in [9.17, 15) is 4.79 Å². The molecule has 1 aromatic rings. The van der Waals surface area contributed by atoms with Gasteiger partial charge in [-0.2, -0.15) is 0 Å². The van der Waals surface area contributed by atoms with Gasteiger partial charge in [0.15, 0.2) is 11.5 Å². The van der Waals surface area contributed by atoms with Crippen molar-refractivity contribution >= 4 is 5.97 Å². The molecular formula is C13H16O4. The summed E-state index contributed by atoms with van der Waals surface area (Å²) >= 11 is 0. The van der Waals surface area contributed by atoms with E-state index in [0.29, 0.717) is 11.5 Å². The number of hydrogen-bond acceptors (Lipinski definition) is 3. The highest BCUT2D eigenvalue weighted by atomic mass is 16.7. The zero-order valence-corrected chi connectivity index (χ0v) is 10.2. The highest BCUT2D eigenvalue weighted by Crippen LogP contribution is 2.39. The molecule has 1 aliphatic heterocycles. The summed E-state index contributed by atoms with van der Waals surface area (Å²) in [5.41, 5.74) is 0.490. The lowest BCUT2D eigenvalue weighted by Crippen LogP contribution is -2.32. The van der Waals surface area contributed by atoms with Crippen molar-refractivity contribution in [3.05, 3.63) is 23.8 Å². The van der Waals surface area contributed by atoms with Gasteiger partial charge >= 0.3 is 5.97 Å². The Morgan fingerprint density at radius 2 is 2.00 bits per heavy atom. The van der Waals surface area contributed by atoms with Crippen molar-refractivity contribution in [2.75, 3.05) is 6.79 Å². The number of carbonyl (C=O) groups is 1. The van der Waals surface area contributed by atoms with Crippen LogP contribution in [0.25, 0.3) is 0 Å². The Bertz CT molecular complexity index is 451. The Morgan fingerprint density at radius 3 is 2.65 bits per heavy atom. The van der Waals surface area contributed by atoms with Crippen LogP contribution in [0.1, 0.15) is 26.3 Å². The van der Waals surface area contributed by atoms with Gasteiger partial charge in [-0.25, -0.2) is 0 Å². The van der Waals surface area contributed by atoms with Gasteiger partial charge < -0.3 is 14.6 Å². The van der Waals surface area contributed by atoms with Crippen LogP contribution >= 0.6 is 0 Å². The molecule has 0 bridgehead atoms. The van der Waals surface area contributed by atoms with E-state index in [4.69, 9.17) is 14.6 Å². The molecule has 92 valence electrons. The third kappa shape index (κ3) is 1.95. The van der Waals surface area contributed by atoms with Crippen LogP contribution in [0.3, 0.4) is 0 Å². The highest BCUT2D eigenvalue weighted by molar-refractivity contribution is 5.72. The van der Waals surface area contributed by atoms with Gasteiger partial charge in [-0.3, -0.25) is 4.79 Å². The monoisotopic (exact) mass is 236 g/mol. The van der Waals surface area contributed by atoms with Crippen molar-refractivity contribution in [3.63, 3.8) is 0 Å². The number of ether oxygens (including phenoxy) is 2. The van der Waals surface area contributed by atoms with Crippen LogP contribution in [0.5, 0.6) is 11.5 Å². The first-order chi connectivity index (χ1) is 7.93. The van der Waals surface area contributed by atoms with Crippen LogP contribution in [-0.2, 0) is 10.2 Å². The van der Waals surface area contributed by atoms with Gasteiger partial charge in [0.1, 0.15) is 0 Å². The second kappa shape index (κ2) is 3.95. The maximum absolute atomic E-state index is 11.1. The quantitative estimate of drug-likeness (QED) is 0.875. The summed E-state index contributed by atoms with van der Waals surface area (Å²) in [4.78, 5) is 11.1. The molecule has 0 aliphatic carbocycles. The lowest BCUT2D eigenvalue weighted by atomic mass is 9.74. The summed E-state index contributed by atoms with van der Waals surface area (Å²) in [6.07, 6.45) is 0. The van der Waals surface area contributed by atoms with E-state index < -0.39 is 17.3 Å². The third-order valence-electron chi connectivity index (χ3n) is 3.57. The molecule has 4 heteroatoms. The molecule has 0 amide bonds. The van der Waals surface area contributed by atoms with Crippen molar-refractivity contribution in [1.29, 1.82) is 0 Å². The van der Waals surface area contributed by atoms with E-state index in [1.165, 1.54) is 0 Å². The number of carboxylic acid groups (broad SMARTS) is 1. The molecule has 1 heterocycles. The fourth-order valence-electron chi connectivity index (χ4n) is 1.86. The van der Waals surface area contributed by atoms with Crippen LogP contribution in [0.4, 0.5) is 0 Å². The maximum atomic E-state index is 11.1. The van der Waals surface area contributed by atoms with Gasteiger partial charge in [0.05, 0.1) is 5.92 Å². The number of aliphatic carboxylic acids is 1. The smallest absolute Gasteiger partial charge is 0.307 e. The summed E-state index contributed by atoms with van der Waals surface area (Å²) in [5.74, 6) is 0.135. The number of benzene rings is 1. The molecule has 1 N–H and O–H groups in total. The molecule has 17 heavy (non-hydrogen) atoms. The topological polar surface area (TPSA) is 55.8 Å². The molecule has 0 fully saturated rings.